The van der Waals surface area contributed by atoms with E-state index in [0.29, 0.717) is 6.61 Å². The molecule has 2 heterocycles. The van der Waals surface area contributed by atoms with Gasteiger partial charge in [0.05, 0.1) is 24.5 Å². The van der Waals surface area contributed by atoms with Gasteiger partial charge in [0.2, 0.25) is 5.95 Å². The highest BCUT2D eigenvalue weighted by atomic mass is 16.5. The van der Waals surface area contributed by atoms with Crippen LogP contribution >= 0.6 is 0 Å². The van der Waals surface area contributed by atoms with Crippen LogP contribution in [0.2, 0.25) is 0 Å². The van der Waals surface area contributed by atoms with E-state index in [-0.39, 0.29) is 6.04 Å². The van der Waals surface area contributed by atoms with Gasteiger partial charge >= 0.3 is 0 Å². The third kappa shape index (κ3) is 3.39. The van der Waals surface area contributed by atoms with Crippen LogP contribution in [-0.2, 0) is 18.3 Å². The van der Waals surface area contributed by atoms with Crippen LogP contribution in [0.5, 0.6) is 0 Å². The molecule has 0 amide bonds. The number of ether oxygens (including phenoxy) is 1. The summed E-state index contributed by atoms with van der Waals surface area (Å²) in [6, 6.07) is 0.218. The summed E-state index contributed by atoms with van der Waals surface area (Å²) in [5, 5.41) is 7.75. The maximum Gasteiger partial charge on any atom is 0.203 e. The van der Waals surface area contributed by atoms with Gasteiger partial charge in [-0.1, -0.05) is 0 Å². The highest BCUT2D eigenvalue weighted by Crippen LogP contribution is 2.14. The number of imidazole rings is 1. The van der Waals surface area contributed by atoms with Crippen LogP contribution in [-0.4, -0.2) is 39.1 Å². The Bertz CT molecular complexity index is 572. The van der Waals surface area contributed by atoms with Crippen molar-refractivity contribution >= 4 is 5.95 Å². The van der Waals surface area contributed by atoms with Crippen LogP contribution in [0.4, 0.5) is 5.95 Å². The Kier molecular flexibility index (Phi) is 4.44. The fraction of sp³-hybridized carbons (Fsp3) is 0.571. The van der Waals surface area contributed by atoms with Crippen molar-refractivity contribution in [1.82, 2.24) is 19.3 Å². The van der Waals surface area contributed by atoms with Crippen molar-refractivity contribution in [3.05, 3.63) is 29.3 Å². The van der Waals surface area contributed by atoms with Gasteiger partial charge in [0, 0.05) is 38.2 Å². The summed E-state index contributed by atoms with van der Waals surface area (Å²) in [4.78, 5) is 4.53. The average molecular weight is 277 g/mol. The Balaban J connectivity index is 2.17. The molecule has 2 rings (SSSR count). The van der Waals surface area contributed by atoms with Gasteiger partial charge in [-0.25, -0.2) is 4.98 Å². The first-order chi connectivity index (χ1) is 9.49. The van der Waals surface area contributed by atoms with Gasteiger partial charge in [-0.05, 0) is 20.8 Å². The summed E-state index contributed by atoms with van der Waals surface area (Å²) in [6.07, 6.45) is 4.10. The van der Waals surface area contributed by atoms with E-state index in [1.807, 2.05) is 38.0 Å². The summed E-state index contributed by atoms with van der Waals surface area (Å²) in [6.45, 7) is 7.52. The number of nitrogens with one attached hydrogen (secondary N) is 1. The number of methoxy groups -OCH3 is 1. The molecule has 1 N–H and O–H groups in total. The zero-order valence-electron chi connectivity index (χ0n) is 12.8. The van der Waals surface area contributed by atoms with Crippen LogP contribution in [0, 0.1) is 13.8 Å². The second-order valence-corrected chi connectivity index (χ2v) is 5.25. The molecular weight excluding hydrogens is 254 g/mol. The largest absolute Gasteiger partial charge is 0.383 e. The molecule has 20 heavy (non-hydrogen) atoms. The van der Waals surface area contributed by atoms with Gasteiger partial charge < -0.3 is 14.6 Å². The molecule has 0 aliphatic carbocycles. The van der Waals surface area contributed by atoms with Crippen LogP contribution in [0.3, 0.4) is 0 Å². The zero-order chi connectivity index (χ0) is 14.7. The first-order valence-electron chi connectivity index (χ1n) is 6.78. The monoisotopic (exact) mass is 277 g/mol. The molecule has 2 aromatic rings. The molecule has 0 aliphatic heterocycles. The molecule has 0 spiro atoms. The smallest absolute Gasteiger partial charge is 0.203 e. The highest BCUT2D eigenvalue weighted by molar-refractivity contribution is 5.32. The Hall–Kier alpha value is -1.82. The first-order valence-corrected chi connectivity index (χ1v) is 6.78. The molecule has 0 radical (unpaired) electrons. The van der Waals surface area contributed by atoms with E-state index in [4.69, 9.17) is 4.74 Å². The lowest BCUT2D eigenvalue weighted by Gasteiger charge is -2.15. The zero-order valence-corrected chi connectivity index (χ0v) is 12.8. The van der Waals surface area contributed by atoms with Crippen molar-refractivity contribution < 1.29 is 4.74 Å². The lowest BCUT2D eigenvalue weighted by atomic mass is 10.2. The summed E-state index contributed by atoms with van der Waals surface area (Å²) in [5.41, 5.74) is 3.25. The van der Waals surface area contributed by atoms with Gasteiger partial charge in [-0.2, -0.15) is 5.10 Å². The number of rotatable bonds is 6. The quantitative estimate of drug-likeness (QED) is 0.873. The van der Waals surface area contributed by atoms with Crippen molar-refractivity contribution in [3.8, 4) is 0 Å². The lowest BCUT2D eigenvalue weighted by Crippen LogP contribution is -2.23. The van der Waals surface area contributed by atoms with Crippen molar-refractivity contribution in [2.45, 2.75) is 33.4 Å². The van der Waals surface area contributed by atoms with Gasteiger partial charge in [-0.3, -0.25) is 4.68 Å². The Morgan fingerprint density at radius 2 is 2.10 bits per heavy atom. The second-order valence-electron chi connectivity index (χ2n) is 5.25. The fourth-order valence-corrected chi connectivity index (χ4v) is 2.28. The van der Waals surface area contributed by atoms with Gasteiger partial charge in [0.25, 0.3) is 0 Å². The number of aryl methyl sites for hydroxylation is 3. The first kappa shape index (κ1) is 14.6. The standard InChI is InChI=1S/C14H23N5O/c1-10-6-19(8-13-7-18(4)17-12(13)3)14(15-10)16-11(2)9-20-5/h6-7,11H,8-9H2,1-5H3,(H,15,16). The summed E-state index contributed by atoms with van der Waals surface area (Å²) < 4.78 is 9.11. The molecule has 6 nitrogen and oxygen atoms in total. The SMILES string of the molecule is COCC(C)Nc1nc(C)cn1Cc1cn(C)nc1C. The number of hydrogen-bond donors (Lipinski definition) is 1. The molecule has 0 aliphatic rings. The maximum atomic E-state index is 5.15. The maximum absolute atomic E-state index is 5.15. The predicted molar refractivity (Wildman–Crippen MR) is 79.0 cm³/mol. The van der Waals surface area contributed by atoms with E-state index in [1.54, 1.807) is 7.11 Å². The number of hydrogen-bond acceptors (Lipinski definition) is 4. The van der Waals surface area contributed by atoms with Crippen molar-refractivity contribution in [3.63, 3.8) is 0 Å². The predicted octanol–water partition coefficient (Wildman–Crippen LogP) is 1.73. The van der Waals surface area contributed by atoms with E-state index in [2.05, 4.69) is 26.9 Å². The minimum absolute atomic E-state index is 0.218. The van der Waals surface area contributed by atoms with E-state index in [0.717, 1.165) is 23.9 Å². The molecule has 6 heteroatoms. The fourth-order valence-electron chi connectivity index (χ4n) is 2.28. The molecule has 110 valence electrons. The Morgan fingerprint density at radius 3 is 2.70 bits per heavy atom. The van der Waals surface area contributed by atoms with E-state index in [1.165, 1.54) is 5.56 Å². The third-order valence-corrected chi connectivity index (χ3v) is 3.14. The Morgan fingerprint density at radius 1 is 1.35 bits per heavy atom. The molecule has 2 aromatic heterocycles. The summed E-state index contributed by atoms with van der Waals surface area (Å²) in [7, 11) is 3.64. The minimum Gasteiger partial charge on any atom is -0.383 e. The van der Waals surface area contributed by atoms with Crippen LogP contribution in [0.25, 0.3) is 0 Å². The van der Waals surface area contributed by atoms with E-state index < -0.39 is 0 Å². The number of aromatic nitrogens is 4. The lowest BCUT2D eigenvalue weighted by molar-refractivity contribution is 0.190. The summed E-state index contributed by atoms with van der Waals surface area (Å²) in [5.74, 6) is 0.871. The molecule has 1 unspecified atom stereocenters. The van der Waals surface area contributed by atoms with Gasteiger partial charge in [-0.15, -0.1) is 0 Å². The number of nitrogens with zero attached hydrogens (tertiary/aromatic N) is 4. The Labute approximate surface area is 119 Å². The van der Waals surface area contributed by atoms with Crippen LogP contribution < -0.4 is 5.32 Å². The molecule has 0 aromatic carbocycles. The van der Waals surface area contributed by atoms with E-state index in [9.17, 15) is 0 Å². The third-order valence-electron chi connectivity index (χ3n) is 3.14. The summed E-state index contributed by atoms with van der Waals surface area (Å²) >= 11 is 0. The molecule has 1 atom stereocenters. The molecule has 0 fully saturated rings. The van der Waals surface area contributed by atoms with Crippen molar-refractivity contribution in [1.29, 1.82) is 0 Å². The van der Waals surface area contributed by atoms with Gasteiger partial charge in [0.1, 0.15) is 0 Å². The average Bonchev–Trinajstić information content (AvgIpc) is 2.83. The van der Waals surface area contributed by atoms with E-state index >= 15 is 0 Å². The number of anilines is 1. The molecule has 0 saturated heterocycles. The van der Waals surface area contributed by atoms with Crippen molar-refractivity contribution in [2.75, 3.05) is 19.0 Å². The molecule has 0 bridgehead atoms. The second kappa shape index (κ2) is 6.09. The molecule has 0 saturated carbocycles. The highest BCUT2D eigenvalue weighted by Gasteiger charge is 2.11. The van der Waals surface area contributed by atoms with Crippen LogP contribution in [0.15, 0.2) is 12.4 Å². The molecular formula is C14H23N5O. The van der Waals surface area contributed by atoms with Gasteiger partial charge in [0.15, 0.2) is 0 Å². The topological polar surface area (TPSA) is 56.9 Å². The minimum atomic E-state index is 0.218. The van der Waals surface area contributed by atoms with Crippen molar-refractivity contribution in [2.24, 2.45) is 7.05 Å². The van der Waals surface area contributed by atoms with Crippen LogP contribution in [0.1, 0.15) is 23.9 Å². The normalized spacial score (nSPS) is 12.7.